The Bertz CT molecular complexity index is 1090. The van der Waals surface area contributed by atoms with Gasteiger partial charge in [-0.05, 0) is 35.9 Å². The molecule has 2 aromatic carbocycles. The molecule has 2 heterocycles. The van der Waals surface area contributed by atoms with Crippen LogP contribution in [-0.2, 0) is 23.8 Å². The van der Waals surface area contributed by atoms with Crippen molar-refractivity contribution in [3.63, 3.8) is 0 Å². The molecule has 32 heavy (non-hydrogen) atoms. The summed E-state index contributed by atoms with van der Waals surface area (Å²) in [6.07, 6.45) is -0.864. The summed E-state index contributed by atoms with van der Waals surface area (Å²) < 4.78 is 37.7. The van der Waals surface area contributed by atoms with Crippen molar-refractivity contribution in [2.24, 2.45) is 5.92 Å². The van der Waals surface area contributed by atoms with Gasteiger partial charge in [-0.25, -0.2) is 4.79 Å². The number of esters is 2. The molecule has 0 amide bonds. The van der Waals surface area contributed by atoms with E-state index in [1.165, 1.54) is 28.4 Å². The molecule has 9 heteroatoms. The van der Waals surface area contributed by atoms with E-state index in [2.05, 4.69) is 0 Å². The highest BCUT2D eigenvalue weighted by atomic mass is 16.7. The first kappa shape index (κ1) is 21.4. The SMILES string of the molecule is COC(=O)C1=C(c2ccc3c(c2)OCO3)O[C@@H](c2ccc(OC)c(OC)c2)[C@@H]1C(=O)OC. The van der Waals surface area contributed by atoms with Gasteiger partial charge >= 0.3 is 11.9 Å². The molecule has 0 N–H and O–H groups in total. The largest absolute Gasteiger partial charge is 0.493 e. The topological polar surface area (TPSA) is 98.8 Å². The minimum Gasteiger partial charge on any atom is -0.493 e. The zero-order valence-electron chi connectivity index (χ0n) is 18.0. The van der Waals surface area contributed by atoms with E-state index in [1.54, 1.807) is 36.4 Å². The maximum absolute atomic E-state index is 12.8. The number of carbonyl (C=O) groups is 2. The highest BCUT2D eigenvalue weighted by molar-refractivity contribution is 6.03. The van der Waals surface area contributed by atoms with Gasteiger partial charge in [0.05, 0.1) is 34.0 Å². The smallest absolute Gasteiger partial charge is 0.338 e. The Kier molecular flexibility index (Phi) is 5.81. The third-order valence-electron chi connectivity index (χ3n) is 5.33. The van der Waals surface area contributed by atoms with Crippen LogP contribution in [0.25, 0.3) is 5.76 Å². The van der Waals surface area contributed by atoms with Crippen LogP contribution in [0.2, 0.25) is 0 Å². The van der Waals surface area contributed by atoms with Crippen molar-refractivity contribution in [3.8, 4) is 23.0 Å². The summed E-state index contributed by atoms with van der Waals surface area (Å²) in [5.41, 5.74) is 1.18. The summed E-state index contributed by atoms with van der Waals surface area (Å²) in [5, 5.41) is 0. The van der Waals surface area contributed by atoms with Crippen LogP contribution < -0.4 is 18.9 Å². The second-order valence-corrected chi connectivity index (χ2v) is 6.96. The molecule has 0 radical (unpaired) electrons. The number of hydrogen-bond donors (Lipinski definition) is 0. The van der Waals surface area contributed by atoms with Gasteiger partial charge in [-0.15, -0.1) is 0 Å². The van der Waals surface area contributed by atoms with Crippen LogP contribution in [0.4, 0.5) is 0 Å². The summed E-state index contributed by atoms with van der Waals surface area (Å²) in [7, 11) is 5.52. The maximum Gasteiger partial charge on any atom is 0.338 e. The first-order chi connectivity index (χ1) is 15.5. The minimum absolute atomic E-state index is 0.0537. The molecule has 2 aromatic rings. The van der Waals surface area contributed by atoms with Gasteiger partial charge in [0, 0.05) is 5.56 Å². The van der Waals surface area contributed by atoms with Crippen LogP contribution in [-0.4, -0.2) is 47.2 Å². The molecule has 0 saturated carbocycles. The fraction of sp³-hybridized carbons (Fsp3) is 0.304. The predicted octanol–water partition coefficient (Wildman–Crippen LogP) is 2.88. The van der Waals surface area contributed by atoms with Crippen LogP contribution in [0.15, 0.2) is 42.0 Å². The fourth-order valence-corrected chi connectivity index (χ4v) is 3.80. The Morgan fingerprint density at radius 3 is 2.31 bits per heavy atom. The molecule has 2 atom stereocenters. The normalized spacial score (nSPS) is 18.8. The van der Waals surface area contributed by atoms with E-state index in [9.17, 15) is 9.59 Å². The van der Waals surface area contributed by atoms with Crippen molar-refractivity contribution in [1.29, 1.82) is 0 Å². The predicted molar refractivity (Wildman–Crippen MR) is 110 cm³/mol. The van der Waals surface area contributed by atoms with Gasteiger partial charge in [0.15, 0.2) is 23.0 Å². The number of benzene rings is 2. The third kappa shape index (κ3) is 3.55. The van der Waals surface area contributed by atoms with Gasteiger partial charge in [0.2, 0.25) is 6.79 Å². The van der Waals surface area contributed by atoms with Crippen molar-refractivity contribution in [2.45, 2.75) is 6.10 Å². The molecule has 168 valence electrons. The van der Waals surface area contributed by atoms with Crippen molar-refractivity contribution >= 4 is 17.7 Å². The molecule has 2 aliphatic heterocycles. The molecule has 2 aliphatic rings. The number of fused-ring (bicyclic) bond motifs is 1. The fourth-order valence-electron chi connectivity index (χ4n) is 3.80. The molecule has 0 saturated heterocycles. The first-order valence-electron chi connectivity index (χ1n) is 9.71. The van der Waals surface area contributed by atoms with Crippen LogP contribution in [0, 0.1) is 5.92 Å². The Morgan fingerprint density at radius 2 is 1.62 bits per heavy atom. The molecular formula is C23H22O9. The molecule has 4 rings (SSSR count). The number of methoxy groups -OCH3 is 4. The molecule has 0 aliphatic carbocycles. The molecule has 0 fully saturated rings. The number of hydrogen-bond acceptors (Lipinski definition) is 9. The summed E-state index contributed by atoms with van der Waals surface area (Å²) in [6, 6.07) is 10.2. The van der Waals surface area contributed by atoms with E-state index in [-0.39, 0.29) is 18.1 Å². The summed E-state index contributed by atoms with van der Waals surface area (Å²) in [4.78, 5) is 25.6. The van der Waals surface area contributed by atoms with E-state index in [1.807, 2.05) is 0 Å². The number of rotatable bonds is 6. The maximum atomic E-state index is 12.8. The van der Waals surface area contributed by atoms with Crippen molar-refractivity contribution in [3.05, 3.63) is 53.1 Å². The quantitative estimate of drug-likeness (QED) is 0.625. The second kappa shape index (κ2) is 8.70. The van der Waals surface area contributed by atoms with Gasteiger partial charge in [0.25, 0.3) is 0 Å². The van der Waals surface area contributed by atoms with E-state index in [4.69, 9.17) is 33.2 Å². The molecular weight excluding hydrogens is 420 g/mol. The highest BCUT2D eigenvalue weighted by Gasteiger charge is 2.47. The van der Waals surface area contributed by atoms with E-state index < -0.39 is 24.0 Å². The lowest BCUT2D eigenvalue weighted by atomic mass is 9.89. The minimum atomic E-state index is -1.06. The Balaban J connectivity index is 1.84. The van der Waals surface area contributed by atoms with Crippen molar-refractivity contribution in [1.82, 2.24) is 0 Å². The lowest BCUT2D eigenvalue weighted by molar-refractivity contribution is -0.149. The van der Waals surface area contributed by atoms with E-state index in [0.29, 0.717) is 34.1 Å². The standard InChI is InChI=1S/C23H22O9/c1-26-14-7-5-12(9-16(14)27-2)20-18(22(24)28-3)19(23(25)29-4)21(32-20)13-6-8-15-17(10-13)31-11-30-15/h5-10,18,20H,11H2,1-4H3/t18-,20+/m1/s1. The molecule has 9 nitrogen and oxygen atoms in total. The van der Waals surface area contributed by atoms with Crippen LogP contribution in [0.1, 0.15) is 17.2 Å². The van der Waals surface area contributed by atoms with Crippen LogP contribution in [0.3, 0.4) is 0 Å². The third-order valence-corrected chi connectivity index (χ3v) is 5.33. The van der Waals surface area contributed by atoms with Gasteiger partial charge in [-0.2, -0.15) is 0 Å². The number of ether oxygens (including phenoxy) is 7. The average Bonchev–Trinajstić information content (AvgIpc) is 3.46. The Morgan fingerprint density at radius 1 is 0.875 bits per heavy atom. The number of carbonyl (C=O) groups excluding carboxylic acids is 2. The van der Waals surface area contributed by atoms with E-state index >= 15 is 0 Å². The average molecular weight is 442 g/mol. The van der Waals surface area contributed by atoms with Gasteiger partial charge < -0.3 is 33.2 Å². The molecule has 0 aromatic heterocycles. The lowest BCUT2D eigenvalue weighted by Crippen LogP contribution is -2.26. The molecule has 0 bridgehead atoms. The summed E-state index contributed by atoms with van der Waals surface area (Å²) in [6.45, 7) is 0.0988. The van der Waals surface area contributed by atoms with Crippen LogP contribution >= 0.6 is 0 Å². The monoisotopic (exact) mass is 442 g/mol. The molecule has 0 unspecified atom stereocenters. The van der Waals surface area contributed by atoms with Gasteiger partial charge in [0.1, 0.15) is 17.8 Å². The molecule has 0 spiro atoms. The Hall–Kier alpha value is -3.88. The lowest BCUT2D eigenvalue weighted by Gasteiger charge is -2.20. The highest BCUT2D eigenvalue weighted by Crippen LogP contribution is 2.48. The zero-order chi connectivity index (χ0) is 22.8. The van der Waals surface area contributed by atoms with Crippen molar-refractivity contribution < 1.29 is 42.7 Å². The Labute approximate surface area is 184 Å². The van der Waals surface area contributed by atoms with Crippen LogP contribution in [0.5, 0.6) is 23.0 Å². The van der Waals surface area contributed by atoms with Gasteiger partial charge in [-0.3, -0.25) is 4.79 Å². The van der Waals surface area contributed by atoms with Crippen molar-refractivity contribution in [2.75, 3.05) is 35.2 Å². The summed E-state index contributed by atoms with van der Waals surface area (Å²) in [5.74, 6) is -0.150. The zero-order valence-corrected chi connectivity index (χ0v) is 18.0. The van der Waals surface area contributed by atoms with E-state index in [0.717, 1.165) is 0 Å². The second-order valence-electron chi connectivity index (χ2n) is 6.96. The first-order valence-corrected chi connectivity index (χ1v) is 9.71. The van der Waals surface area contributed by atoms with Gasteiger partial charge in [-0.1, -0.05) is 6.07 Å². The summed E-state index contributed by atoms with van der Waals surface area (Å²) >= 11 is 0.